The summed E-state index contributed by atoms with van der Waals surface area (Å²) in [6, 6.07) is 0. The van der Waals surface area contributed by atoms with Gasteiger partial charge in [-0.3, -0.25) is 9.59 Å². The van der Waals surface area contributed by atoms with Crippen LogP contribution in [0.25, 0.3) is 0 Å². The number of hydrogen-bond acceptors (Lipinski definition) is 9. The summed E-state index contributed by atoms with van der Waals surface area (Å²) in [4.78, 5) is 39.7. The number of nitrogens with zero attached hydrogens (tertiary/aromatic N) is 1. The Bertz CT molecular complexity index is 1070. The fourth-order valence-corrected chi connectivity index (χ4v) is 6.15. The van der Waals surface area contributed by atoms with Gasteiger partial charge in [-0.05, 0) is 91.1 Å². The average Bonchev–Trinajstić information content (AvgIpc) is 3.53. The van der Waals surface area contributed by atoms with Crippen molar-refractivity contribution in [2.24, 2.45) is 0 Å². The van der Waals surface area contributed by atoms with Crippen molar-refractivity contribution in [3.05, 3.63) is 48.6 Å². The molecule has 55 heavy (non-hydrogen) atoms. The first kappa shape index (κ1) is 50.1. The molecule has 1 aliphatic rings. The molecule has 0 amide bonds. The molecule has 1 rings (SSSR count). The Kier molecular flexibility index (Phi) is 33.4. The monoisotopic (exact) mass is 774 g/mol. The molecule has 9 nitrogen and oxygen atoms in total. The highest BCUT2D eigenvalue weighted by Crippen LogP contribution is 2.24. The molecule has 0 bridgehead atoms. The lowest BCUT2D eigenvalue weighted by molar-refractivity contribution is -0.166. The third-order valence-electron chi connectivity index (χ3n) is 9.54. The number of allylic oxidation sites excluding steroid dienone is 8. The molecule has 1 aliphatic heterocycles. The molecular formula is C46H79NO8. The van der Waals surface area contributed by atoms with Gasteiger partial charge in [0.2, 0.25) is 0 Å². The van der Waals surface area contributed by atoms with Crippen molar-refractivity contribution in [3.63, 3.8) is 0 Å². The number of unbranched alkanes of at least 4 members (excludes halogenated alkanes) is 16. The summed E-state index contributed by atoms with van der Waals surface area (Å²) in [5.74, 6) is -0.701. The quantitative estimate of drug-likeness (QED) is 0.0270. The van der Waals surface area contributed by atoms with Crippen LogP contribution in [0.4, 0.5) is 4.79 Å². The number of rotatable bonds is 35. The van der Waals surface area contributed by atoms with Crippen LogP contribution in [0, 0.1) is 0 Å². The van der Waals surface area contributed by atoms with Crippen molar-refractivity contribution < 1.29 is 38.1 Å². The molecule has 1 saturated heterocycles. The van der Waals surface area contributed by atoms with Crippen molar-refractivity contribution >= 4 is 18.1 Å². The molecule has 0 N–H and O–H groups in total. The average molecular weight is 774 g/mol. The standard InChI is InChI=1S/C46H79NO8/c1-5-7-9-11-13-15-17-19-21-23-25-27-29-31-33-35-43(48)54-42-40-52-41(39-53-46(50)51-38-37-47(3)4)45(42)55-44(49)36-34-32-30-28-26-24-22-20-18-16-14-12-10-8-6-2/h13-16,19-22,41-42,45H,5-12,17-18,23-40H2,1-4H3/b15-13-,16-14-,21-19-,22-20-/t41-,42+,45+/m1/s1. The molecule has 1 fully saturated rings. The summed E-state index contributed by atoms with van der Waals surface area (Å²) in [6.07, 6.45) is 39.8. The SMILES string of the molecule is CCCCC/C=C\C/C=C\CCCCCCCC(=O)O[C@@H]1[C@@H](OC(=O)CCCCCCC/C=C\C/C=C\CCCCC)CO[C@@H]1COC(=O)OCCN(C)C. The Morgan fingerprint density at radius 2 is 1.04 bits per heavy atom. The van der Waals surface area contributed by atoms with E-state index in [2.05, 4.69) is 62.5 Å². The molecule has 0 saturated carbocycles. The highest BCUT2D eigenvalue weighted by atomic mass is 16.7. The Balaban J connectivity index is 2.38. The van der Waals surface area contributed by atoms with Gasteiger partial charge in [-0.25, -0.2) is 4.79 Å². The lowest BCUT2D eigenvalue weighted by atomic mass is 10.1. The van der Waals surface area contributed by atoms with Crippen molar-refractivity contribution in [1.29, 1.82) is 0 Å². The van der Waals surface area contributed by atoms with Gasteiger partial charge < -0.3 is 28.6 Å². The van der Waals surface area contributed by atoms with Crippen molar-refractivity contribution in [3.8, 4) is 0 Å². The van der Waals surface area contributed by atoms with Crippen molar-refractivity contribution in [1.82, 2.24) is 4.90 Å². The van der Waals surface area contributed by atoms with Crippen LogP contribution < -0.4 is 0 Å². The van der Waals surface area contributed by atoms with Crippen LogP contribution in [0.2, 0.25) is 0 Å². The second-order valence-corrected chi connectivity index (χ2v) is 15.0. The van der Waals surface area contributed by atoms with E-state index in [9.17, 15) is 14.4 Å². The first-order valence-corrected chi connectivity index (χ1v) is 21.9. The van der Waals surface area contributed by atoms with Gasteiger partial charge in [0.1, 0.15) is 19.3 Å². The Hall–Kier alpha value is -2.91. The fourth-order valence-electron chi connectivity index (χ4n) is 6.15. The highest BCUT2D eigenvalue weighted by molar-refractivity contribution is 5.70. The zero-order chi connectivity index (χ0) is 40.0. The van der Waals surface area contributed by atoms with Crippen LogP contribution in [0.3, 0.4) is 0 Å². The smallest absolute Gasteiger partial charge is 0.456 e. The molecule has 0 aliphatic carbocycles. The molecule has 0 aromatic carbocycles. The number of hydrogen-bond donors (Lipinski definition) is 0. The van der Waals surface area contributed by atoms with E-state index in [0.717, 1.165) is 89.9 Å². The summed E-state index contributed by atoms with van der Waals surface area (Å²) in [6.45, 7) is 5.12. The fraction of sp³-hybridized carbons (Fsp3) is 0.761. The Morgan fingerprint density at radius 3 is 1.53 bits per heavy atom. The van der Waals surface area contributed by atoms with E-state index in [1.165, 1.54) is 51.4 Å². The van der Waals surface area contributed by atoms with E-state index in [1.807, 2.05) is 19.0 Å². The first-order valence-electron chi connectivity index (χ1n) is 21.9. The third-order valence-corrected chi connectivity index (χ3v) is 9.54. The van der Waals surface area contributed by atoms with Gasteiger partial charge in [0.25, 0.3) is 0 Å². The molecule has 3 atom stereocenters. The van der Waals surface area contributed by atoms with Crippen LogP contribution >= 0.6 is 0 Å². The number of carbonyl (C=O) groups is 3. The molecule has 0 unspecified atom stereocenters. The highest BCUT2D eigenvalue weighted by Gasteiger charge is 2.43. The summed E-state index contributed by atoms with van der Waals surface area (Å²) in [5.41, 5.74) is 0. The van der Waals surface area contributed by atoms with Crippen LogP contribution in [0.15, 0.2) is 48.6 Å². The van der Waals surface area contributed by atoms with Gasteiger partial charge in [0, 0.05) is 19.4 Å². The topological polar surface area (TPSA) is 101 Å². The largest absolute Gasteiger partial charge is 0.508 e. The summed E-state index contributed by atoms with van der Waals surface area (Å²) in [7, 11) is 3.76. The van der Waals surface area contributed by atoms with Crippen LogP contribution in [0.1, 0.15) is 168 Å². The normalized spacial score (nSPS) is 17.4. The van der Waals surface area contributed by atoms with E-state index in [0.29, 0.717) is 13.0 Å². The number of ether oxygens (including phenoxy) is 5. The summed E-state index contributed by atoms with van der Waals surface area (Å²) in [5, 5.41) is 0. The second kappa shape index (κ2) is 36.7. The molecule has 0 spiro atoms. The zero-order valence-corrected chi connectivity index (χ0v) is 35.4. The molecule has 316 valence electrons. The molecule has 9 heteroatoms. The molecule has 0 aromatic rings. The minimum Gasteiger partial charge on any atom is -0.456 e. The van der Waals surface area contributed by atoms with Gasteiger partial charge >= 0.3 is 18.1 Å². The number of carbonyl (C=O) groups excluding carboxylic acids is 3. The van der Waals surface area contributed by atoms with Gasteiger partial charge in [-0.15, -0.1) is 0 Å². The number of esters is 2. The lowest BCUT2D eigenvalue weighted by Gasteiger charge is -2.23. The van der Waals surface area contributed by atoms with Gasteiger partial charge in [0.15, 0.2) is 12.2 Å². The van der Waals surface area contributed by atoms with Crippen LogP contribution in [-0.4, -0.2) is 81.8 Å². The number of likely N-dealkylation sites (N-methyl/N-ethyl adjacent to an activating group) is 1. The maximum atomic E-state index is 12.9. The summed E-state index contributed by atoms with van der Waals surface area (Å²) >= 11 is 0. The van der Waals surface area contributed by atoms with Crippen molar-refractivity contribution in [2.45, 2.75) is 186 Å². The van der Waals surface area contributed by atoms with E-state index in [1.54, 1.807) is 0 Å². The van der Waals surface area contributed by atoms with Gasteiger partial charge in [0.05, 0.1) is 6.61 Å². The Labute approximate surface area is 335 Å². The zero-order valence-electron chi connectivity index (χ0n) is 35.4. The van der Waals surface area contributed by atoms with E-state index >= 15 is 0 Å². The van der Waals surface area contributed by atoms with E-state index < -0.39 is 24.5 Å². The third kappa shape index (κ3) is 30.9. The predicted octanol–water partition coefficient (Wildman–Crippen LogP) is 11.6. The first-order chi connectivity index (χ1) is 26.9. The van der Waals surface area contributed by atoms with E-state index in [4.69, 9.17) is 23.7 Å². The van der Waals surface area contributed by atoms with E-state index in [-0.39, 0.29) is 38.2 Å². The maximum absolute atomic E-state index is 12.9. The minimum absolute atomic E-state index is 0.0687. The molecule has 0 aromatic heterocycles. The second-order valence-electron chi connectivity index (χ2n) is 15.0. The Morgan fingerprint density at radius 1 is 0.582 bits per heavy atom. The van der Waals surface area contributed by atoms with Crippen LogP contribution in [0.5, 0.6) is 0 Å². The molecule has 1 heterocycles. The van der Waals surface area contributed by atoms with Gasteiger partial charge in [-0.2, -0.15) is 0 Å². The molecular weight excluding hydrogens is 695 g/mol. The van der Waals surface area contributed by atoms with Crippen molar-refractivity contribution in [2.75, 3.05) is 40.5 Å². The predicted molar refractivity (Wildman–Crippen MR) is 224 cm³/mol. The molecule has 0 radical (unpaired) electrons. The maximum Gasteiger partial charge on any atom is 0.508 e. The minimum atomic E-state index is -0.853. The lowest BCUT2D eigenvalue weighted by Crippen LogP contribution is -2.40. The van der Waals surface area contributed by atoms with Crippen LogP contribution in [-0.2, 0) is 33.3 Å². The van der Waals surface area contributed by atoms with Gasteiger partial charge in [-0.1, -0.05) is 127 Å². The summed E-state index contributed by atoms with van der Waals surface area (Å²) < 4.78 is 27.8.